The number of rotatable bonds is 7. The lowest BCUT2D eigenvalue weighted by atomic mass is 10.1. The van der Waals surface area contributed by atoms with Crippen LogP contribution in [0.2, 0.25) is 0 Å². The summed E-state index contributed by atoms with van der Waals surface area (Å²) >= 11 is 1.40. The van der Waals surface area contributed by atoms with Gasteiger partial charge in [-0.3, -0.25) is 9.59 Å². The fraction of sp³-hybridized carbons (Fsp3) is 0.429. The standard InChI is InChI=1S/C21H25N5O2S/c1-3-4-18-24-25-21(29-18)23-20(28)15-10-19(27)26(12-15)8-7-14-11-22-17-6-5-13(2)9-16(14)17/h5-6,9,11,15,22H,3-4,7-8,10,12H2,1-2H3,(H,23,25,28)/t15-/m0/s1. The summed E-state index contributed by atoms with van der Waals surface area (Å²) in [5.41, 5.74) is 3.52. The lowest BCUT2D eigenvalue weighted by molar-refractivity contribution is -0.128. The summed E-state index contributed by atoms with van der Waals surface area (Å²) in [4.78, 5) is 30.1. The zero-order valence-corrected chi connectivity index (χ0v) is 17.5. The van der Waals surface area contributed by atoms with Gasteiger partial charge in [0.15, 0.2) is 0 Å². The molecule has 0 bridgehead atoms. The van der Waals surface area contributed by atoms with Gasteiger partial charge < -0.3 is 15.2 Å². The van der Waals surface area contributed by atoms with E-state index in [0.717, 1.165) is 29.8 Å². The van der Waals surface area contributed by atoms with Gasteiger partial charge in [-0.15, -0.1) is 10.2 Å². The third kappa shape index (κ3) is 4.32. The Labute approximate surface area is 173 Å². The molecule has 1 aliphatic rings. The van der Waals surface area contributed by atoms with Crippen LogP contribution in [0.1, 0.15) is 35.9 Å². The number of anilines is 1. The van der Waals surface area contributed by atoms with Gasteiger partial charge in [0, 0.05) is 43.0 Å². The Morgan fingerprint density at radius 2 is 2.21 bits per heavy atom. The average Bonchev–Trinajstić information content (AvgIpc) is 3.39. The molecule has 2 aromatic heterocycles. The van der Waals surface area contributed by atoms with Crippen LogP contribution in [-0.4, -0.2) is 45.0 Å². The van der Waals surface area contributed by atoms with Crippen LogP contribution in [0.25, 0.3) is 10.9 Å². The molecule has 3 heterocycles. The number of hydrogen-bond acceptors (Lipinski definition) is 5. The number of aryl methyl sites for hydroxylation is 2. The molecule has 2 amide bonds. The SMILES string of the molecule is CCCc1nnc(NC(=O)[C@H]2CC(=O)N(CCc3c[nH]c4ccc(C)cc34)C2)s1. The van der Waals surface area contributed by atoms with E-state index in [0.29, 0.717) is 18.2 Å². The van der Waals surface area contributed by atoms with E-state index in [4.69, 9.17) is 0 Å². The van der Waals surface area contributed by atoms with Gasteiger partial charge in [0.05, 0.1) is 5.92 Å². The predicted molar refractivity (Wildman–Crippen MR) is 114 cm³/mol. The number of H-pyrrole nitrogens is 1. The molecule has 0 unspecified atom stereocenters. The minimum absolute atomic E-state index is 0.0325. The number of nitrogens with one attached hydrogen (secondary N) is 2. The van der Waals surface area contributed by atoms with Gasteiger partial charge in [-0.1, -0.05) is 29.9 Å². The number of nitrogens with zero attached hydrogens (tertiary/aromatic N) is 3. The molecule has 8 heteroatoms. The number of aromatic nitrogens is 3. The average molecular weight is 412 g/mol. The molecule has 1 saturated heterocycles. The second-order valence-electron chi connectivity index (χ2n) is 7.59. The molecule has 0 saturated carbocycles. The van der Waals surface area contributed by atoms with Gasteiger partial charge in [-0.25, -0.2) is 0 Å². The van der Waals surface area contributed by atoms with Crippen LogP contribution in [0.3, 0.4) is 0 Å². The van der Waals surface area contributed by atoms with Crippen LogP contribution >= 0.6 is 11.3 Å². The van der Waals surface area contributed by atoms with Gasteiger partial charge >= 0.3 is 0 Å². The molecule has 7 nitrogen and oxygen atoms in total. The van der Waals surface area contributed by atoms with Crippen LogP contribution in [0.4, 0.5) is 5.13 Å². The Bertz CT molecular complexity index is 1040. The van der Waals surface area contributed by atoms with Crippen LogP contribution in [0.15, 0.2) is 24.4 Å². The van der Waals surface area contributed by atoms with Gasteiger partial charge in [-0.2, -0.15) is 0 Å². The summed E-state index contributed by atoms with van der Waals surface area (Å²) in [5.74, 6) is -0.459. The van der Waals surface area contributed by atoms with Crippen LogP contribution in [0, 0.1) is 12.8 Å². The maximum Gasteiger partial charge on any atom is 0.231 e. The zero-order valence-electron chi connectivity index (χ0n) is 16.7. The molecule has 1 aromatic carbocycles. The van der Waals surface area contributed by atoms with Crippen molar-refractivity contribution in [2.75, 3.05) is 18.4 Å². The van der Waals surface area contributed by atoms with Crippen molar-refractivity contribution in [1.29, 1.82) is 0 Å². The van der Waals surface area contributed by atoms with E-state index in [1.807, 2.05) is 6.20 Å². The Kier molecular flexibility index (Phi) is 5.62. The lowest BCUT2D eigenvalue weighted by Crippen LogP contribution is -2.30. The summed E-state index contributed by atoms with van der Waals surface area (Å²) in [7, 11) is 0. The molecular formula is C21H25N5O2S. The van der Waals surface area contributed by atoms with Crippen LogP contribution in [0.5, 0.6) is 0 Å². The molecule has 1 atom stereocenters. The number of fused-ring (bicyclic) bond motifs is 1. The molecule has 0 radical (unpaired) electrons. The number of likely N-dealkylation sites (tertiary alicyclic amines) is 1. The van der Waals surface area contributed by atoms with E-state index < -0.39 is 0 Å². The molecule has 152 valence electrons. The second kappa shape index (κ2) is 8.32. The fourth-order valence-corrected chi connectivity index (χ4v) is 4.59. The Balaban J connectivity index is 1.34. The topological polar surface area (TPSA) is 91.0 Å². The van der Waals surface area contributed by atoms with Crippen molar-refractivity contribution in [3.8, 4) is 0 Å². The van der Waals surface area contributed by atoms with Gasteiger partial charge in [0.1, 0.15) is 5.01 Å². The molecule has 1 fully saturated rings. The number of hydrogen-bond donors (Lipinski definition) is 2. The van der Waals surface area contributed by atoms with Crippen molar-refractivity contribution in [2.24, 2.45) is 5.92 Å². The highest BCUT2D eigenvalue weighted by atomic mass is 32.1. The van der Waals surface area contributed by atoms with Gasteiger partial charge in [0.25, 0.3) is 0 Å². The molecule has 2 N–H and O–H groups in total. The van der Waals surface area contributed by atoms with Crippen molar-refractivity contribution in [3.63, 3.8) is 0 Å². The van der Waals surface area contributed by atoms with Crippen LogP contribution in [-0.2, 0) is 22.4 Å². The monoisotopic (exact) mass is 411 g/mol. The van der Waals surface area contributed by atoms with E-state index in [-0.39, 0.29) is 24.2 Å². The fourth-order valence-electron chi connectivity index (χ4n) is 3.74. The van der Waals surface area contributed by atoms with E-state index in [1.54, 1.807) is 4.90 Å². The molecule has 4 rings (SSSR count). The first kappa shape index (κ1) is 19.6. The minimum atomic E-state index is -0.341. The maximum absolute atomic E-state index is 12.6. The van der Waals surface area contributed by atoms with Crippen molar-refractivity contribution in [2.45, 2.75) is 39.5 Å². The van der Waals surface area contributed by atoms with E-state index in [9.17, 15) is 9.59 Å². The summed E-state index contributed by atoms with van der Waals surface area (Å²) in [5, 5.41) is 13.6. The first-order valence-electron chi connectivity index (χ1n) is 10.0. The smallest absolute Gasteiger partial charge is 0.231 e. The number of carbonyl (C=O) groups is 2. The van der Waals surface area contributed by atoms with E-state index in [1.165, 1.54) is 27.8 Å². The summed E-state index contributed by atoms with van der Waals surface area (Å²) in [6, 6.07) is 6.33. The van der Waals surface area contributed by atoms with Crippen molar-refractivity contribution in [3.05, 3.63) is 40.5 Å². The summed E-state index contributed by atoms with van der Waals surface area (Å²) in [6.45, 7) is 5.22. The van der Waals surface area contributed by atoms with Gasteiger partial charge in [-0.05, 0) is 37.5 Å². The van der Waals surface area contributed by atoms with E-state index >= 15 is 0 Å². The Hall–Kier alpha value is -2.74. The van der Waals surface area contributed by atoms with E-state index in [2.05, 4.69) is 52.5 Å². The largest absolute Gasteiger partial charge is 0.361 e. The first-order valence-corrected chi connectivity index (χ1v) is 10.8. The predicted octanol–water partition coefficient (Wildman–Crippen LogP) is 3.31. The highest BCUT2D eigenvalue weighted by Crippen LogP contribution is 2.24. The minimum Gasteiger partial charge on any atom is -0.361 e. The molecule has 0 spiro atoms. The molecule has 1 aliphatic heterocycles. The third-order valence-corrected chi connectivity index (χ3v) is 6.22. The number of carbonyl (C=O) groups excluding carboxylic acids is 2. The number of aromatic amines is 1. The molecule has 29 heavy (non-hydrogen) atoms. The summed E-state index contributed by atoms with van der Waals surface area (Å²) < 4.78 is 0. The quantitative estimate of drug-likeness (QED) is 0.624. The number of amides is 2. The molecular weight excluding hydrogens is 386 g/mol. The third-order valence-electron chi connectivity index (χ3n) is 5.32. The lowest BCUT2D eigenvalue weighted by Gasteiger charge is -2.16. The first-order chi connectivity index (χ1) is 14.0. The zero-order chi connectivity index (χ0) is 20.4. The van der Waals surface area contributed by atoms with Crippen molar-refractivity contribution < 1.29 is 9.59 Å². The normalized spacial score (nSPS) is 16.7. The van der Waals surface area contributed by atoms with Gasteiger partial charge in [0.2, 0.25) is 16.9 Å². The Morgan fingerprint density at radius 1 is 1.34 bits per heavy atom. The molecule has 3 aromatic rings. The Morgan fingerprint density at radius 3 is 3.03 bits per heavy atom. The summed E-state index contributed by atoms with van der Waals surface area (Å²) in [6.07, 6.45) is 4.87. The van der Waals surface area contributed by atoms with Crippen molar-refractivity contribution >= 4 is 39.2 Å². The molecule has 0 aliphatic carbocycles. The maximum atomic E-state index is 12.6. The van der Waals surface area contributed by atoms with Crippen molar-refractivity contribution in [1.82, 2.24) is 20.1 Å². The number of benzene rings is 1. The van der Waals surface area contributed by atoms with Crippen LogP contribution < -0.4 is 5.32 Å². The highest BCUT2D eigenvalue weighted by Gasteiger charge is 2.34. The second-order valence-corrected chi connectivity index (χ2v) is 8.66. The highest BCUT2D eigenvalue weighted by molar-refractivity contribution is 7.15.